The number of carbonyl (C=O) groups excluding carboxylic acids is 1. The average Bonchev–Trinajstić information content (AvgIpc) is 2.49. The minimum Gasteiger partial charge on any atom is -0.326 e. The van der Waals surface area contributed by atoms with Crippen LogP contribution in [0.3, 0.4) is 0 Å². The maximum atomic E-state index is 12.4. The molecule has 1 aromatic rings. The van der Waals surface area contributed by atoms with Gasteiger partial charge in [0.2, 0.25) is 5.91 Å². The normalized spacial score (nSPS) is 22.0. The molecule has 116 valence electrons. The third kappa shape index (κ3) is 4.03. The minimum absolute atomic E-state index is 0.0425. The maximum Gasteiger partial charge on any atom is 0.241 e. The standard InChI is InChI=1S/C16H26N4O/c1-12-11-20(8-7-19(12)3)13(2)16(21)18-15-6-4-5-14(9-15)10-17/h4-6,9,12-13H,7-8,10-11,17H2,1-3H3,(H,18,21). The van der Waals surface area contributed by atoms with Gasteiger partial charge in [0.15, 0.2) is 0 Å². The van der Waals surface area contributed by atoms with Gasteiger partial charge in [-0.05, 0) is 38.6 Å². The van der Waals surface area contributed by atoms with Crippen LogP contribution in [0.1, 0.15) is 19.4 Å². The van der Waals surface area contributed by atoms with E-state index in [1.807, 2.05) is 31.2 Å². The van der Waals surface area contributed by atoms with Crippen molar-refractivity contribution in [3.8, 4) is 0 Å². The van der Waals surface area contributed by atoms with Crippen LogP contribution in [0, 0.1) is 0 Å². The summed E-state index contributed by atoms with van der Waals surface area (Å²) >= 11 is 0. The Morgan fingerprint density at radius 2 is 2.24 bits per heavy atom. The van der Waals surface area contributed by atoms with E-state index in [0.717, 1.165) is 30.9 Å². The van der Waals surface area contributed by atoms with Gasteiger partial charge in [-0.15, -0.1) is 0 Å². The number of piperazine rings is 1. The Morgan fingerprint density at radius 3 is 2.90 bits per heavy atom. The molecule has 2 atom stereocenters. The fourth-order valence-electron chi connectivity index (χ4n) is 2.62. The highest BCUT2D eigenvalue weighted by molar-refractivity contribution is 5.94. The summed E-state index contributed by atoms with van der Waals surface area (Å²) in [6.45, 7) is 7.50. The number of hydrogen-bond acceptors (Lipinski definition) is 4. The van der Waals surface area contributed by atoms with Crippen molar-refractivity contribution < 1.29 is 4.79 Å². The van der Waals surface area contributed by atoms with E-state index < -0.39 is 0 Å². The van der Waals surface area contributed by atoms with Crippen LogP contribution < -0.4 is 11.1 Å². The lowest BCUT2D eigenvalue weighted by Crippen LogP contribution is -2.55. The quantitative estimate of drug-likeness (QED) is 0.872. The molecule has 1 aromatic carbocycles. The third-order valence-electron chi connectivity index (χ3n) is 4.35. The molecular formula is C16H26N4O. The van der Waals surface area contributed by atoms with E-state index >= 15 is 0 Å². The van der Waals surface area contributed by atoms with Crippen molar-refractivity contribution in [3.63, 3.8) is 0 Å². The van der Waals surface area contributed by atoms with Crippen molar-refractivity contribution in [2.24, 2.45) is 5.73 Å². The first-order valence-corrected chi connectivity index (χ1v) is 7.55. The van der Waals surface area contributed by atoms with Crippen molar-refractivity contribution in [1.82, 2.24) is 9.80 Å². The second kappa shape index (κ2) is 7.02. The van der Waals surface area contributed by atoms with E-state index in [-0.39, 0.29) is 11.9 Å². The van der Waals surface area contributed by atoms with Crippen LogP contribution in [0.2, 0.25) is 0 Å². The molecule has 5 nitrogen and oxygen atoms in total. The van der Waals surface area contributed by atoms with E-state index in [4.69, 9.17) is 5.73 Å². The van der Waals surface area contributed by atoms with Crippen LogP contribution in [0.4, 0.5) is 5.69 Å². The van der Waals surface area contributed by atoms with Crippen LogP contribution in [0.5, 0.6) is 0 Å². The topological polar surface area (TPSA) is 61.6 Å². The van der Waals surface area contributed by atoms with Gasteiger partial charge >= 0.3 is 0 Å². The van der Waals surface area contributed by atoms with E-state index in [1.165, 1.54) is 0 Å². The number of nitrogens with two attached hydrogens (primary N) is 1. The van der Waals surface area contributed by atoms with Gasteiger partial charge in [-0.3, -0.25) is 9.69 Å². The van der Waals surface area contributed by atoms with Crippen molar-refractivity contribution in [3.05, 3.63) is 29.8 Å². The van der Waals surface area contributed by atoms with Gasteiger partial charge in [-0.1, -0.05) is 12.1 Å². The summed E-state index contributed by atoms with van der Waals surface area (Å²) in [5, 5.41) is 2.99. The Labute approximate surface area is 127 Å². The number of anilines is 1. The summed E-state index contributed by atoms with van der Waals surface area (Å²) in [4.78, 5) is 17.0. The van der Waals surface area contributed by atoms with E-state index in [2.05, 4.69) is 29.1 Å². The average molecular weight is 290 g/mol. The summed E-state index contributed by atoms with van der Waals surface area (Å²) in [5.74, 6) is 0.0425. The van der Waals surface area contributed by atoms with Crippen molar-refractivity contribution in [2.75, 3.05) is 32.0 Å². The van der Waals surface area contributed by atoms with Gasteiger partial charge < -0.3 is 16.0 Å². The molecule has 1 saturated heterocycles. The minimum atomic E-state index is -0.123. The molecule has 1 heterocycles. The Hall–Kier alpha value is -1.43. The Balaban J connectivity index is 1.96. The summed E-state index contributed by atoms with van der Waals surface area (Å²) in [7, 11) is 2.13. The first kappa shape index (κ1) is 15.9. The molecule has 2 unspecified atom stereocenters. The molecular weight excluding hydrogens is 264 g/mol. The molecule has 0 bridgehead atoms. The number of nitrogens with zero attached hydrogens (tertiary/aromatic N) is 2. The predicted molar refractivity (Wildman–Crippen MR) is 86.1 cm³/mol. The molecule has 5 heteroatoms. The summed E-state index contributed by atoms with van der Waals surface area (Å²) < 4.78 is 0. The highest BCUT2D eigenvalue weighted by Crippen LogP contribution is 2.14. The van der Waals surface area contributed by atoms with Crippen molar-refractivity contribution >= 4 is 11.6 Å². The maximum absolute atomic E-state index is 12.4. The summed E-state index contributed by atoms with van der Waals surface area (Å²) in [6.07, 6.45) is 0. The molecule has 1 aliphatic heterocycles. The van der Waals surface area contributed by atoms with Crippen LogP contribution in [0.15, 0.2) is 24.3 Å². The first-order chi connectivity index (χ1) is 10.0. The highest BCUT2D eigenvalue weighted by atomic mass is 16.2. The van der Waals surface area contributed by atoms with Gasteiger partial charge in [0.05, 0.1) is 6.04 Å². The Kier molecular flexibility index (Phi) is 5.33. The van der Waals surface area contributed by atoms with Gasteiger partial charge in [0, 0.05) is 37.9 Å². The van der Waals surface area contributed by atoms with E-state index in [1.54, 1.807) is 0 Å². The molecule has 1 fully saturated rings. The smallest absolute Gasteiger partial charge is 0.241 e. The molecule has 0 saturated carbocycles. The molecule has 0 aromatic heterocycles. The number of amides is 1. The molecule has 3 N–H and O–H groups in total. The number of benzene rings is 1. The zero-order chi connectivity index (χ0) is 15.4. The summed E-state index contributed by atoms with van der Waals surface area (Å²) in [6, 6.07) is 8.06. The zero-order valence-corrected chi connectivity index (χ0v) is 13.2. The van der Waals surface area contributed by atoms with Gasteiger partial charge in [0.25, 0.3) is 0 Å². The van der Waals surface area contributed by atoms with Crippen LogP contribution in [0.25, 0.3) is 0 Å². The van der Waals surface area contributed by atoms with E-state index in [9.17, 15) is 4.79 Å². The predicted octanol–water partition coefficient (Wildman–Crippen LogP) is 1.11. The number of carbonyl (C=O) groups is 1. The lowest BCUT2D eigenvalue weighted by Gasteiger charge is -2.40. The number of rotatable bonds is 4. The molecule has 0 radical (unpaired) electrons. The Morgan fingerprint density at radius 1 is 1.48 bits per heavy atom. The van der Waals surface area contributed by atoms with Gasteiger partial charge in [-0.2, -0.15) is 0 Å². The number of hydrogen-bond donors (Lipinski definition) is 2. The molecule has 1 amide bonds. The van der Waals surface area contributed by atoms with Gasteiger partial charge in [0.1, 0.15) is 0 Å². The molecule has 21 heavy (non-hydrogen) atoms. The lowest BCUT2D eigenvalue weighted by atomic mass is 10.1. The second-order valence-corrected chi connectivity index (χ2v) is 5.89. The largest absolute Gasteiger partial charge is 0.326 e. The number of nitrogens with one attached hydrogen (secondary N) is 1. The van der Waals surface area contributed by atoms with Crippen LogP contribution in [-0.2, 0) is 11.3 Å². The lowest BCUT2D eigenvalue weighted by molar-refractivity contribution is -0.121. The first-order valence-electron chi connectivity index (χ1n) is 7.55. The fourth-order valence-corrected chi connectivity index (χ4v) is 2.62. The van der Waals surface area contributed by atoms with Gasteiger partial charge in [-0.25, -0.2) is 0 Å². The van der Waals surface area contributed by atoms with E-state index in [0.29, 0.717) is 12.6 Å². The zero-order valence-electron chi connectivity index (χ0n) is 13.2. The molecule has 2 rings (SSSR count). The van der Waals surface area contributed by atoms with Crippen molar-refractivity contribution in [2.45, 2.75) is 32.5 Å². The fraction of sp³-hybridized carbons (Fsp3) is 0.562. The third-order valence-corrected chi connectivity index (χ3v) is 4.35. The summed E-state index contributed by atoms with van der Waals surface area (Å²) in [5.41, 5.74) is 7.47. The molecule has 0 aliphatic carbocycles. The van der Waals surface area contributed by atoms with Crippen LogP contribution >= 0.6 is 0 Å². The second-order valence-electron chi connectivity index (χ2n) is 5.89. The Bertz CT molecular complexity index is 491. The number of likely N-dealkylation sites (N-methyl/N-ethyl adjacent to an activating group) is 1. The monoisotopic (exact) mass is 290 g/mol. The van der Waals surface area contributed by atoms with Crippen molar-refractivity contribution in [1.29, 1.82) is 0 Å². The molecule has 1 aliphatic rings. The SMILES string of the molecule is CC1CN(C(C)C(=O)Nc2cccc(CN)c2)CCN1C. The molecule has 0 spiro atoms. The van der Waals surface area contributed by atoms with Crippen LogP contribution in [-0.4, -0.2) is 54.5 Å². The highest BCUT2D eigenvalue weighted by Gasteiger charge is 2.27.